The van der Waals surface area contributed by atoms with Crippen molar-refractivity contribution in [1.29, 1.82) is 0 Å². The molecule has 18 heavy (non-hydrogen) atoms. The lowest BCUT2D eigenvalue weighted by Crippen LogP contribution is -2.12. The Labute approximate surface area is 107 Å². The Morgan fingerprint density at radius 2 is 2.06 bits per heavy atom. The quantitative estimate of drug-likeness (QED) is 0.776. The van der Waals surface area contributed by atoms with Crippen LogP contribution in [-0.4, -0.2) is 20.1 Å². The topological polar surface area (TPSA) is 39.8 Å². The first-order valence-electron chi connectivity index (χ1n) is 6.23. The molecule has 0 bridgehead atoms. The molecule has 0 atom stereocenters. The molecular formula is C14H19N3O. The lowest BCUT2D eigenvalue weighted by molar-refractivity contribution is 0.0967. The molecule has 0 saturated carbocycles. The molecule has 0 fully saturated rings. The van der Waals surface area contributed by atoms with Crippen LogP contribution in [0.2, 0.25) is 0 Å². The second kappa shape index (κ2) is 4.80. The van der Waals surface area contributed by atoms with Crippen LogP contribution in [0, 0.1) is 20.8 Å². The van der Waals surface area contributed by atoms with Gasteiger partial charge in [0.1, 0.15) is 6.54 Å². The second-order valence-electron chi connectivity index (χ2n) is 4.61. The number of carbonyl (C=O) groups is 1. The minimum absolute atomic E-state index is 0.117. The average Bonchev–Trinajstić information content (AvgIpc) is 2.83. The Balaban J connectivity index is 2.24. The van der Waals surface area contributed by atoms with Gasteiger partial charge in [-0.1, -0.05) is 0 Å². The maximum atomic E-state index is 12.3. The number of hydrogen-bond acceptors (Lipinski definition) is 2. The van der Waals surface area contributed by atoms with Crippen LogP contribution in [-0.2, 0) is 13.1 Å². The lowest BCUT2D eigenvalue weighted by atomic mass is 10.1. The van der Waals surface area contributed by atoms with Crippen molar-refractivity contribution in [3.05, 3.63) is 41.0 Å². The number of carbonyl (C=O) groups excluding carboxylic acids is 1. The molecule has 4 heteroatoms. The van der Waals surface area contributed by atoms with Gasteiger partial charge in [-0.3, -0.25) is 9.48 Å². The first-order chi connectivity index (χ1) is 8.52. The molecule has 0 unspecified atom stereocenters. The summed E-state index contributed by atoms with van der Waals surface area (Å²) in [5, 5.41) is 4.24. The monoisotopic (exact) mass is 245 g/mol. The summed E-state index contributed by atoms with van der Waals surface area (Å²) in [7, 11) is 0. The predicted octanol–water partition coefficient (Wildman–Crippen LogP) is 2.51. The summed E-state index contributed by atoms with van der Waals surface area (Å²) in [6.45, 7) is 9.24. The van der Waals surface area contributed by atoms with Gasteiger partial charge >= 0.3 is 0 Å². The van der Waals surface area contributed by atoms with Crippen LogP contribution in [0.1, 0.15) is 34.4 Å². The van der Waals surface area contributed by atoms with E-state index in [0.717, 1.165) is 29.2 Å². The Hall–Kier alpha value is -1.84. The standard InChI is InChI=1S/C14H19N3O/c1-5-17-11(3)8-13(12(17)4)14(18)9-16-7-6-10(2)15-16/h6-8H,5,9H2,1-4H3. The zero-order chi connectivity index (χ0) is 13.3. The van der Waals surface area contributed by atoms with Crippen LogP contribution in [0.3, 0.4) is 0 Å². The third-order valence-corrected chi connectivity index (χ3v) is 3.27. The summed E-state index contributed by atoms with van der Waals surface area (Å²) >= 11 is 0. The Morgan fingerprint density at radius 3 is 2.56 bits per heavy atom. The highest BCUT2D eigenvalue weighted by atomic mass is 16.1. The van der Waals surface area contributed by atoms with Crippen LogP contribution in [0.5, 0.6) is 0 Å². The summed E-state index contributed by atoms with van der Waals surface area (Å²) in [5.74, 6) is 0.117. The summed E-state index contributed by atoms with van der Waals surface area (Å²) < 4.78 is 3.84. The Morgan fingerprint density at radius 1 is 1.33 bits per heavy atom. The fraction of sp³-hybridized carbons (Fsp3) is 0.429. The first kappa shape index (κ1) is 12.6. The summed E-state index contributed by atoms with van der Waals surface area (Å²) in [6, 6.07) is 3.88. The molecule has 0 N–H and O–H groups in total. The third-order valence-electron chi connectivity index (χ3n) is 3.27. The van der Waals surface area contributed by atoms with Gasteiger partial charge in [-0.2, -0.15) is 5.10 Å². The van der Waals surface area contributed by atoms with Crippen molar-refractivity contribution in [3.63, 3.8) is 0 Å². The smallest absolute Gasteiger partial charge is 0.186 e. The molecule has 0 aromatic carbocycles. The SMILES string of the molecule is CCn1c(C)cc(C(=O)Cn2ccc(C)n2)c1C. The van der Waals surface area contributed by atoms with Gasteiger partial charge in [-0.05, 0) is 39.8 Å². The highest BCUT2D eigenvalue weighted by Crippen LogP contribution is 2.16. The van der Waals surface area contributed by atoms with Crippen LogP contribution in [0.4, 0.5) is 0 Å². The van der Waals surface area contributed by atoms with E-state index in [1.807, 2.05) is 39.1 Å². The Bertz CT molecular complexity index is 578. The molecule has 2 aromatic rings. The number of aryl methyl sites for hydroxylation is 2. The largest absolute Gasteiger partial charge is 0.349 e. The van der Waals surface area contributed by atoms with E-state index in [1.54, 1.807) is 4.68 Å². The fourth-order valence-electron chi connectivity index (χ4n) is 2.35. The normalized spacial score (nSPS) is 10.9. The average molecular weight is 245 g/mol. The van der Waals surface area contributed by atoms with Gasteiger partial charge in [0.15, 0.2) is 5.78 Å². The molecule has 0 aliphatic heterocycles. The highest BCUT2D eigenvalue weighted by molar-refractivity contribution is 5.97. The van der Waals surface area contributed by atoms with Crippen LogP contribution in [0.25, 0.3) is 0 Å². The molecular weight excluding hydrogens is 226 g/mol. The van der Waals surface area contributed by atoms with Crippen LogP contribution in [0.15, 0.2) is 18.3 Å². The number of nitrogens with zero attached hydrogens (tertiary/aromatic N) is 3. The van der Waals surface area contributed by atoms with E-state index >= 15 is 0 Å². The molecule has 4 nitrogen and oxygen atoms in total. The molecule has 0 radical (unpaired) electrons. The van der Waals surface area contributed by atoms with E-state index in [9.17, 15) is 4.79 Å². The van der Waals surface area contributed by atoms with Crippen molar-refractivity contribution in [3.8, 4) is 0 Å². The molecule has 96 valence electrons. The van der Waals surface area contributed by atoms with Crippen molar-refractivity contribution in [1.82, 2.24) is 14.3 Å². The number of rotatable bonds is 4. The first-order valence-corrected chi connectivity index (χ1v) is 6.23. The lowest BCUT2D eigenvalue weighted by Gasteiger charge is -2.05. The molecule has 0 aliphatic rings. The predicted molar refractivity (Wildman–Crippen MR) is 70.9 cm³/mol. The molecule has 0 aliphatic carbocycles. The number of Topliss-reactive ketones (excluding diaryl/α,β-unsaturated/α-hetero) is 1. The molecule has 2 aromatic heterocycles. The van der Waals surface area contributed by atoms with E-state index in [0.29, 0.717) is 6.54 Å². The van der Waals surface area contributed by atoms with E-state index in [4.69, 9.17) is 0 Å². The minimum atomic E-state index is 0.117. The maximum absolute atomic E-state index is 12.3. The van der Waals surface area contributed by atoms with Crippen molar-refractivity contribution >= 4 is 5.78 Å². The summed E-state index contributed by atoms with van der Waals surface area (Å²) in [5.41, 5.74) is 3.92. The van der Waals surface area contributed by atoms with Gasteiger partial charge in [-0.25, -0.2) is 0 Å². The van der Waals surface area contributed by atoms with Crippen molar-refractivity contribution in [2.45, 2.75) is 40.8 Å². The summed E-state index contributed by atoms with van der Waals surface area (Å²) in [6.07, 6.45) is 1.84. The molecule has 0 saturated heterocycles. The van der Waals surface area contributed by atoms with Gasteiger partial charge in [-0.15, -0.1) is 0 Å². The van der Waals surface area contributed by atoms with Gasteiger partial charge in [0.05, 0.1) is 5.69 Å². The van der Waals surface area contributed by atoms with Gasteiger partial charge in [0.2, 0.25) is 0 Å². The van der Waals surface area contributed by atoms with Gasteiger partial charge in [0, 0.05) is 29.7 Å². The van der Waals surface area contributed by atoms with E-state index < -0.39 is 0 Å². The van der Waals surface area contributed by atoms with Crippen molar-refractivity contribution in [2.24, 2.45) is 0 Å². The second-order valence-corrected chi connectivity index (χ2v) is 4.61. The number of aromatic nitrogens is 3. The van der Waals surface area contributed by atoms with Gasteiger partial charge in [0.25, 0.3) is 0 Å². The highest BCUT2D eigenvalue weighted by Gasteiger charge is 2.15. The maximum Gasteiger partial charge on any atom is 0.186 e. The molecule has 0 amide bonds. The molecule has 2 rings (SSSR count). The van der Waals surface area contributed by atoms with Crippen molar-refractivity contribution in [2.75, 3.05) is 0 Å². The Kier molecular flexibility index (Phi) is 3.36. The minimum Gasteiger partial charge on any atom is -0.349 e. The zero-order valence-electron chi connectivity index (χ0n) is 11.4. The fourth-order valence-corrected chi connectivity index (χ4v) is 2.35. The van der Waals surface area contributed by atoms with E-state index in [-0.39, 0.29) is 5.78 Å². The van der Waals surface area contributed by atoms with Crippen LogP contribution >= 0.6 is 0 Å². The van der Waals surface area contributed by atoms with E-state index in [2.05, 4.69) is 16.6 Å². The van der Waals surface area contributed by atoms with Gasteiger partial charge < -0.3 is 4.57 Å². The number of ketones is 1. The van der Waals surface area contributed by atoms with Crippen molar-refractivity contribution < 1.29 is 4.79 Å². The molecule has 2 heterocycles. The molecule has 0 spiro atoms. The number of hydrogen-bond donors (Lipinski definition) is 0. The van der Waals surface area contributed by atoms with Crippen LogP contribution < -0.4 is 0 Å². The zero-order valence-corrected chi connectivity index (χ0v) is 11.4. The third kappa shape index (κ3) is 2.23. The van der Waals surface area contributed by atoms with E-state index in [1.165, 1.54) is 0 Å². The summed E-state index contributed by atoms with van der Waals surface area (Å²) in [4.78, 5) is 12.3.